The number of aliphatic hydroxyl groups is 1. The maximum atomic E-state index is 14.0. The molecule has 174 valence electrons. The molecule has 1 unspecified atom stereocenters. The van der Waals surface area contributed by atoms with Crippen molar-refractivity contribution in [2.45, 2.75) is 33.4 Å². The number of carbonyl (C=O) groups is 1. The summed E-state index contributed by atoms with van der Waals surface area (Å²) in [6.45, 7) is 4.61. The van der Waals surface area contributed by atoms with Gasteiger partial charge in [0.1, 0.15) is 5.75 Å². The van der Waals surface area contributed by atoms with E-state index in [1.54, 1.807) is 36.5 Å². The summed E-state index contributed by atoms with van der Waals surface area (Å²) in [5.41, 5.74) is 2.90. The lowest BCUT2D eigenvalue weighted by Gasteiger charge is -2.16. The third kappa shape index (κ3) is 6.08. The second-order valence-electron chi connectivity index (χ2n) is 7.86. The van der Waals surface area contributed by atoms with Crippen molar-refractivity contribution in [3.63, 3.8) is 0 Å². The molecule has 0 spiro atoms. The monoisotopic (exact) mass is 452 g/mol. The Morgan fingerprint density at radius 1 is 1.18 bits per heavy atom. The van der Waals surface area contributed by atoms with Crippen molar-refractivity contribution in [3.8, 4) is 22.8 Å². The van der Waals surface area contributed by atoms with Gasteiger partial charge in [0.15, 0.2) is 11.6 Å². The summed E-state index contributed by atoms with van der Waals surface area (Å²) in [4.78, 5) is 17.5. The van der Waals surface area contributed by atoms with E-state index < -0.39 is 5.82 Å². The molecule has 0 aliphatic heterocycles. The van der Waals surface area contributed by atoms with Crippen molar-refractivity contribution in [2.75, 3.05) is 13.7 Å². The predicted molar refractivity (Wildman–Crippen MR) is 125 cm³/mol. The Bertz CT molecular complexity index is 1100. The van der Waals surface area contributed by atoms with Crippen LogP contribution in [0.4, 0.5) is 4.39 Å². The highest BCUT2D eigenvalue weighted by molar-refractivity contribution is 5.98. The molecule has 1 atom stereocenters. The topological polar surface area (TPSA) is 80.7 Å². The molecule has 33 heavy (non-hydrogen) atoms. The zero-order valence-electron chi connectivity index (χ0n) is 19.1. The Kier molecular flexibility index (Phi) is 8.38. The molecule has 0 radical (unpaired) electrons. The van der Waals surface area contributed by atoms with Crippen LogP contribution < -0.4 is 14.8 Å². The summed E-state index contributed by atoms with van der Waals surface area (Å²) in [6, 6.07) is 13.4. The number of carbonyl (C=O) groups excluding carboxylic acids is 1. The molecular weight excluding hydrogens is 423 g/mol. The first-order chi connectivity index (χ1) is 16.0. The highest BCUT2D eigenvalue weighted by atomic mass is 19.1. The van der Waals surface area contributed by atoms with Gasteiger partial charge in [0.05, 0.1) is 31.6 Å². The van der Waals surface area contributed by atoms with Crippen LogP contribution >= 0.6 is 0 Å². The molecular formula is C26H29FN2O4. The van der Waals surface area contributed by atoms with Crippen molar-refractivity contribution < 1.29 is 23.8 Å². The van der Waals surface area contributed by atoms with E-state index in [9.17, 15) is 14.3 Å². The van der Waals surface area contributed by atoms with Gasteiger partial charge in [-0.15, -0.1) is 0 Å². The van der Waals surface area contributed by atoms with Gasteiger partial charge in [-0.2, -0.15) is 0 Å². The fourth-order valence-electron chi connectivity index (χ4n) is 3.25. The lowest BCUT2D eigenvalue weighted by Crippen LogP contribution is -2.24. The molecule has 3 aromatic rings. The molecule has 1 amide bonds. The molecule has 7 heteroatoms. The molecule has 3 rings (SSSR count). The maximum Gasteiger partial charge on any atom is 0.255 e. The van der Waals surface area contributed by atoms with Gasteiger partial charge in [-0.25, -0.2) is 4.39 Å². The van der Waals surface area contributed by atoms with Crippen molar-refractivity contribution >= 4 is 5.91 Å². The van der Waals surface area contributed by atoms with Crippen LogP contribution in [0.15, 0.2) is 54.7 Å². The average Bonchev–Trinajstić information content (AvgIpc) is 2.85. The number of aliphatic hydroxyl groups excluding tert-OH is 1. The molecule has 0 bridgehead atoms. The summed E-state index contributed by atoms with van der Waals surface area (Å²) >= 11 is 0. The van der Waals surface area contributed by atoms with Gasteiger partial charge in [-0.05, 0) is 47.9 Å². The van der Waals surface area contributed by atoms with E-state index >= 15 is 0 Å². The smallest absolute Gasteiger partial charge is 0.255 e. The second-order valence-corrected chi connectivity index (χ2v) is 7.86. The molecule has 0 saturated carbocycles. The minimum atomic E-state index is -0.490. The minimum absolute atomic E-state index is 0.139. The fraction of sp³-hybridized carbons (Fsp3) is 0.308. The summed E-state index contributed by atoms with van der Waals surface area (Å²) in [5, 5.41) is 12.5. The van der Waals surface area contributed by atoms with Crippen molar-refractivity contribution in [1.29, 1.82) is 0 Å². The molecule has 0 aliphatic carbocycles. The van der Waals surface area contributed by atoms with E-state index in [1.807, 2.05) is 6.07 Å². The zero-order chi connectivity index (χ0) is 23.8. The van der Waals surface area contributed by atoms with E-state index in [2.05, 4.69) is 24.1 Å². The van der Waals surface area contributed by atoms with E-state index in [1.165, 1.54) is 19.2 Å². The first-order valence-electron chi connectivity index (χ1n) is 10.9. The van der Waals surface area contributed by atoms with Crippen molar-refractivity contribution in [1.82, 2.24) is 10.3 Å². The number of rotatable bonds is 10. The SMILES string of the molecule is CCC(C)COc1ccc(-c2ncccc2CO)cc1C(=O)NCc1ccc(OC)c(F)c1. The molecule has 2 N–H and O–H groups in total. The van der Waals surface area contributed by atoms with E-state index in [-0.39, 0.29) is 24.8 Å². The van der Waals surface area contributed by atoms with Gasteiger partial charge in [0.2, 0.25) is 0 Å². The van der Waals surface area contributed by atoms with Gasteiger partial charge in [-0.1, -0.05) is 32.4 Å². The lowest BCUT2D eigenvalue weighted by molar-refractivity contribution is 0.0946. The lowest BCUT2D eigenvalue weighted by atomic mass is 10.0. The number of amides is 1. The van der Waals surface area contributed by atoms with Gasteiger partial charge >= 0.3 is 0 Å². The third-order valence-electron chi connectivity index (χ3n) is 5.45. The van der Waals surface area contributed by atoms with Crippen LogP contribution in [0.2, 0.25) is 0 Å². The second kappa shape index (κ2) is 11.4. The van der Waals surface area contributed by atoms with E-state index in [4.69, 9.17) is 9.47 Å². The number of halogens is 1. The number of hydrogen-bond acceptors (Lipinski definition) is 5. The Balaban J connectivity index is 1.88. The molecule has 1 aromatic heterocycles. The normalized spacial score (nSPS) is 11.7. The summed E-state index contributed by atoms with van der Waals surface area (Å²) < 4.78 is 24.9. The van der Waals surface area contributed by atoms with Crippen LogP contribution in [-0.4, -0.2) is 29.7 Å². The van der Waals surface area contributed by atoms with Crippen LogP contribution in [0.25, 0.3) is 11.3 Å². The van der Waals surface area contributed by atoms with Crippen LogP contribution in [0.3, 0.4) is 0 Å². The first-order valence-corrected chi connectivity index (χ1v) is 10.9. The number of hydrogen-bond donors (Lipinski definition) is 2. The molecule has 0 fully saturated rings. The highest BCUT2D eigenvalue weighted by Gasteiger charge is 2.17. The van der Waals surface area contributed by atoms with Gasteiger partial charge in [0.25, 0.3) is 5.91 Å². The summed E-state index contributed by atoms with van der Waals surface area (Å²) in [6.07, 6.45) is 2.59. The van der Waals surface area contributed by atoms with Gasteiger partial charge in [0, 0.05) is 23.9 Å². The van der Waals surface area contributed by atoms with Gasteiger partial charge in [-0.3, -0.25) is 9.78 Å². The van der Waals surface area contributed by atoms with Crippen molar-refractivity contribution in [2.24, 2.45) is 5.92 Å². The molecule has 1 heterocycles. The summed E-state index contributed by atoms with van der Waals surface area (Å²) in [7, 11) is 1.40. The number of nitrogens with zero attached hydrogens (tertiary/aromatic N) is 1. The Hall–Kier alpha value is -3.45. The molecule has 2 aromatic carbocycles. The largest absolute Gasteiger partial charge is 0.494 e. The number of benzene rings is 2. The quantitative estimate of drug-likeness (QED) is 0.464. The predicted octanol–water partition coefficient (Wildman–Crippen LogP) is 4.74. The number of nitrogens with one attached hydrogen (secondary N) is 1. The number of ether oxygens (including phenoxy) is 2. The number of pyridine rings is 1. The molecule has 0 saturated heterocycles. The Morgan fingerprint density at radius 3 is 2.67 bits per heavy atom. The van der Waals surface area contributed by atoms with Crippen LogP contribution in [0.5, 0.6) is 11.5 Å². The Morgan fingerprint density at radius 2 is 1.97 bits per heavy atom. The van der Waals surface area contributed by atoms with Crippen LogP contribution in [0.1, 0.15) is 41.8 Å². The van der Waals surface area contributed by atoms with Crippen LogP contribution in [-0.2, 0) is 13.2 Å². The van der Waals surface area contributed by atoms with E-state index in [0.29, 0.717) is 46.2 Å². The fourth-order valence-corrected chi connectivity index (χ4v) is 3.25. The standard InChI is InChI=1S/C26H29FN2O4/c1-4-17(2)16-33-23-10-8-19(25-20(15-30)6-5-11-28-25)13-21(23)26(31)29-14-18-7-9-24(32-3)22(27)12-18/h5-13,17,30H,4,14-16H2,1-3H3,(H,29,31). The molecule has 0 aliphatic rings. The van der Waals surface area contributed by atoms with Gasteiger partial charge < -0.3 is 19.9 Å². The van der Waals surface area contributed by atoms with E-state index in [0.717, 1.165) is 6.42 Å². The van der Waals surface area contributed by atoms with Crippen molar-refractivity contribution in [3.05, 3.63) is 77.2 Å². The average molecular weight is 453 g/mol. The zero-order valence-corrected chi connectivity index (χ0v) is 19.1. The maximum absolute atomic E-state index is 14.0. The Labute approximate surface area is 193 Å². The number of methoxy groups -OCH3 is 1. The third-order valence-corrected chi connectivity index (χ3v) is 5.45. The number of aromatic nitrogens is 1. The minimum Gasteiger partial charge on any atom is -0.494 e. The first kappa shape index (κ1) is 24.2. The highest BCUT2D eigenvalue weighted by Crippen LogP contribution is 2.28. The van der Waals surface area contributed by atoms with Crippen LogP contribution in [0, 0.1) is 11.7 Å². The molecule has 6 nitrogen and oxygen atoms in total. The summed E-state index contributed by atoms with van der Waals surface area (Å²) in [5.74, 6) is 0.0938.